The summed E-state index contributed by atoms with van der Waals surface area (Å²) in [6.07, 6.45) is -0.0417. The fraction of sp³-hybridized carbons (Fsp3) is 0.412. The second kappa shape index (κ2) is 5.74. The molecule has 2 rings (SSSR count). The Morgan fingerprint density at radius 1 is 1.10 bits per heavy atom. The average molecular weight is 336 g/mol. The van der Waals surface area contributed by atoms with E-state index in [1.54, 1.807) is 0 Å². The lowest BCUT2D eigenvalue weighted by Gasteiger charge is -2.34. The fourth-order valence-corrected chi connectivity index (χ4v) is 3.10. The molecule has 0 heterocycles. The third-order valence-corrected chi connectivity index (χ3v) is 4.23. The van der Waals surface area contributed by atoms with Gasteiger partial charge in [-0.15, -0.1) is 0 Å². The number of nitrogens with two attached hydrogens (primary N) is 1. The predicted molar refractivity (Wildman–Crippen MR) is 89.2 cm³/mol. The summed E-state index contributed by atoms with van der Waals surface area (Å²) >= 11 is 3.66. The average Bonchev–Trinajstić information content (AvgIpc) is 2.36. The maximum Gasteiger partial charge on any atom is 0.134 e. The van der Waals surface area contributed by atoms with Gasteiger partial charge in [-0.05, 0) is 39.7 Å². The van der Waals surface area contributed by atoms with E-state index >= 15 is 0 Å². The highest BCUT2D eigenvalue weighted by Crippen LogP contribution is 2.36. The van der Waals surface area contributed by atoms with Gasteiger partial charge in [-0.25, -0.2) is 0 Å². The minimum absolute atomic E-state index is 0.0146. The summed E-state index contributed by atoms with van der Waals surface area (Å²) < 4.78 is 7.20. The molecule has 2 N–H and O–H groups in total. The molecule has 2 aromatic carbocycles. The highest BCUT2D eigenvalue weighted by molar-refractivity contribution is 9.10. The highest BCUT2D eigenvalue weighted by Gasteiger charge is 2.30. The van der Waals surface area contributed by atoms with E-state index in [-0.39, 0.29) is 17.6 Å². The number of halogens is 1. The van der Waals surface area contributed by atoms with Crippen LogP contribution in [0.5, 0.6) is 5.75 Å². The van der Waals surface area contributed by atoms with Crippen molar-refractivity contribution in [2.45, 2.75) is 39.8 Å². The van der Waals surface area contributed by atoms with E-state index in [9.17, 15) is 0 Å². The number of hydrogen-bond donors (Lipinski definition) is 1. The van der Waals surface area contributed by atoms with Gasteiger partial charge in [0.2, 0.25) is 0 Å². The Morgan fingerprint density at radius 2 is 1.75 bits per heavy atom. The fourth-order valence-electron chi connectivity index (χ4n) is 2.51. The SMILES string of the molecule is CC(N)C(Oc1ccc2ccccc2c1Br)C(C)(C)C. The van der Waals surface area contributed by atoms with Gasteiger partial charge in [0.15, 0.2) is 0 Å². The van der Waals surface area contributed by atoms with Crippen molar-refractivity contribution in [3.05, 3.63) is 40.9 Å². The van der Waals surface area contributed by atoms with Crippen LogP contribution >= 0.6 is 15.9 Å². The van der Waals surface area contributed by atoms with E-state index < -0.39 is 0 Å². The molecule has 108 valence electrons. The normalized spacial score (nSPS) is 15.1. The zero-order valence-corrected chi connectivity index (χ0v) is 14.1. The van der Waals surface area contributed by atoms with Gasteiger partial charge in [0.05, 0.1) is 4.47 Å². The van der Waals surface area contributed by atoms with Crippen LogP contribution in [0.15, 0.2) is 40.9 Å². The van der Waals surface area contributed by atoms with Crippen LogP contribution in [0, 0.1) is 5.41 Å². The van der Waals surface area contributed by atoms with Crippen molar-refractivity contribution in [2.24, 2.45) is 11.1 Å². The molecule has 0 radical (unpaired) electrons. The largest absolute Gasteiger partial charge is 0.487 e. The van der Waals surface area contributed by atoms with E-state index in [4.69, 9.17) is 10.5 Å². The lowest BCUT2D eigenvalue weighted by Crippen LogP contribution is -2.45. The zero-order chi connectivity index (χ0) is 14.9. The molecule has 3 heteroatoms. The number of benzene rings is 2. The molecule has 0 saturated carbocycles. The van der Waals surface area contributed by atoms with Crippen LogP contribution < -0.4 is 10.5 Å². The summed E-state index contributed by atoms with van der Waals surface area (Å²) in [5.74, 6) is 0.848. The molecule has 0 amide bonds. The van der Waals surface area contributed by atoms with Crippen LogP contribution in [0.25, 0.3) is 10.8 Å². The van der Waals surface area contributed by atoms with Crippen molar-refractivity contribution in [1.29, 1.82) is 0 Å². The highest BCUT2D eigenvalue weighted by atomic mass is 79.9. The first kappa shape index (κ1) is 15.3. The maximum atomic E-state index is 6.21. The predicted octanol–water partition coefficient (Wildman–Crippen LogP) is 4.74. The molecule has 0 aliphatic heterocycles. The Bertz CT molecular complexity index is 601. The van der Waals surface area contributed by atoms with Gasteiger partial charge in [-0.1, -0.05) is 51.1 Å². The number of rotatable bonds is 3. The summed E-state index contributed by atoms with van der Waals surface area (Å²) in [5, 5.41) is 2.35. The minimum Gasteiger partial charge on any atom is -0.487 e. The molecule has 2 atom stereocenters. The van der Waals surface area contributed by atoms with Crippen LogP contribution in [0.4, 0.5) is 0 Å². The Kier molecular flexibility index (Phi) is 4.40. The first-order valence-electron chi connectivity index (χ1n) is 6.90. The summed E-state index contributed by atoms with van der Waals surface area (Å²) in [4.78, 5) is 0. The number of hydrogen-bond acceptors (Lipinski definition) is 2. The van der Waals surface area contributed by atoms with Crippen molar-refractivity contribution in [1.82, 2.24) is 0 Å². The molecule has 0 fully saturated rings. The molecule has 2 nitrogen and oxygen atoms in total. The molecule has 0 aliphatic rings. The van der Waals surface area contributed by atoms with Crippen LogP contribution in [0.1, 0.15) is 27.7 Å². The molecule has 2 aromatic rings. The van der Waals surface area contributed by atoms with Gasteiger partial charge in [0.1, 0.15) is 11.9 Å². The van der Waals surface area contributed by atoms with Crippen LogP contribution in [-0.4, -0.2) is 12.1 Å². The van der Waals surface area contributed by atoms with Gasteiger partial charge in [-0.3, -0.25) is 0 Å². The zero-order valence-electron chi connectivity index (χ0n) is 12.5. The van der Waals surface area contributed by atoms with E-state index in [0.29, 0.717) is 0 Å². The minimum atomic E-state index is -0.0417. The van der Waals surface area contributed by atoms with Crippen molar-refractivity contribution >= 4 is 26.7 Å². The Hall–Kier alpha value is -1.06. The van der Waals surface area contributed by atoms with Gasteiger partial charge >= 0.3 is 0 Å². The third kappa shape index (κ3) is 3.15. The van der Waals surface area contributed by atoms with Crippen LogP contribution in [0.3, 0.4) is 0 Å². The standard InChI is InChI=1S/C17H22BrNO/c1-11(19)16(17(2,3)4)20-14-10-9-12-7-5-6-8-13(12)15(14)18/h5-11,16H,19H2,1-4H3. The summed E-state index contributed by atoms with van der Waals surface area (Å²) in [6, 6.07) is 12.3. The van der Waals surface area contributed by atoms with E-state index in [0.717, 1.165) is 15.6 Å². The quantitative estimate of drug-likeness (QED) is 0.878. The molecule has 0 saturated heterocycles. The number of fused-ring (bicyclic) bond motifs is 1. The molecule has 0 bridgehead atoms. The lowest BCUT2D eigenvalue weighted by molar-refractivity contribution is 0.0679. The molecule has 20 heavy (non-hydrogen) atoms. The van der Waals surface area contributed by atoms with Crippen molar-refractivity contribution in [2.75, 3.05) is 0 Å². The maximum absolute atomic E-state index is 6.21. The van der Waals surface area contributed by atoms with Crippen molar-refractivity contribution < 1.29 is 4.74 Å². The second-order valence-corrected chi connectivity index (χ2v) is 7.16. The van der Waals surface area contributed by atoms with Gasteiger partial charge in [0, 0.05) is 11.5 Å². The smallest absolute Gasteiger partial charge is 0.134 e. The number of ether oxygens (including phenoxy) is 1. The monoisotopic (exact) mass is 335 g/mol. The first-order valence-corrected chi connectivity index (χ1v) is 7.69. The van der Waals surface area contributed by atoms with Crippen molar-refractivity contribution in [3.8, 4) is 5.75 Å². The summed E-state index contributed by atoms with van der Waals surface area (Å²) in [5.41, 5.74) is 6.08. The molecule has 2 unspecified atom stereocenters. The van der Waals surface area contributed by atoms with Crippen LogP contribution in [-0.2, 0) is 0 Å². The molecule has 0 aliphatic carbocycles. The summed E-state index contributed by atoms with van der Waals surface area (Å²) in [7, 11) is 0. The lowest BCUT2D eigenvalue weighted by atomic mass is 9.85. The van der Waals surface area contributed by atoms with Gasteiger partial charge < -0.3 is 10.5 Å². The van der Waals surface area contributed by atoms with E-state index in [1.165, 1.54) is 5.39 Å². The van der Waals surface area contributed by atoms with E-state index in [1.807, 2.05) is 25.1 Å². The third-order valence-electron chi connectivity index (χ3n) is 3.41. The molecular formula is C17H22BrNO. The Labute approximate surface area is 129 Å². The second-order valence-electron chi connectivity index (χ2n) is 6.36. The van der Waals surface area contributed by atoms with Gasteiger partial charge in [-0.2, -0.15) is 0 Å². The Morgan fingerprint density at radius 3 is 2.35 bits per heavy atom. The molecule has 0 spiro atoms. The van der Waals surface area contributed by atoms with Crippen molar-refractivity contribution in [3.63, 3.8) is 0 Å². The first-order chi connectivity index (χ1) is 9.30. The van der Waals surface area contributed by atoms with Crippen LogP contribution in [0.2, 0.25) is 0 Å². The molecule has 0 aromatic heterocycles. The van der Waals surface area contributed by atoms with E-state index in [2.05, 4.69) is 54.9 Å². The Balaban J connectivity index is 2.40. The van der Waals surface area contributed by atoms with Gasteiger partial charge in [0.25, 0.3) is 0 Å². The topological polar surface area (TPSA) is 35.2 Å². The summed E-state index contributed by atoms with van der Waals surface area (Å²) in [6.45, 7) is 8.44. The molecular weight excluding hydrogens is 314 g/mol.